The topological polar surface area (TPSA) is 241 Å². The summed E-state index contributed by atoms with van der Waals surface area (Å²) in [5, 5.41) is 16.9. The first-order chi connectivity index (χ1) is 15.5. The van der Waals surface area contributed by atoms with Gasteiger partial charge in [-0.1, -0.05) is 26.7 Å². The predicted octanol–water partition coefficient (Wildman–Crippen LogP) is -2.29. The summed E-state index contributed by atoms with van der Waals surface area (Å²) in [6.45, 7) is 3.97. The molecule has 0 spiro atoms. The molecule has 13 nitrogen and oxygen atoms in total. The van der Waals surface area contributed by atoms with Crippen molar-refractivity contribution in [3.05, 3.63) is 0 Å². The normalized spacial score (nSPS) is 14.3. The number of hydrogen-bond donors (Lipinski definition) is 8. The first-order valence-corrected chi connectivity index (χ1v) is 11.1. The molecule has 0 aromatic rings. The van der Waals surface area contributed by atoms with Crippen LogP contribution < -0.4 is 38.9 Å². The number of unbranched alkanes of at least 4 members (excludes halogenated alkanes) is 1. The first kappa shape index (κ1) is 30.1. The Hall–Kier alpha value is -2.93. The summed E-state index contributed by atoms with van der Waals surface area (Å²) in [5.41, 5.74) is 21.7. The second kappa shape index (κ2) is 16.7. The molecule has 0 aromatic carbocycles. The van der Waals surface area contributed by atoms with Gasteiger partial charge in [-0.15, -0.1) is 0 Å². The highest BCUT2D eigenvalue weighted by Crippen LogP contribution is 2.09. The predicted molar refractivity (Wildman–Crippen MR) is 125 cm³/mol. The molecule has 12 N–H and O–H groups in total. The third-order valence-electron chi connectivity index (χ3n) is 5.10. The molecule has 0 fully saturated rings. The molecule has 0 aliphatic carbocycles. The quantitative estimate of drug-likeness (QED) is 0.0644. The highest BCUT2D eigenvalue weighted by molar-refractivity contribution is 5.92. The van der Waals surface area contributed by atoms with E-state index in [1.54, 1.807) is 6.92 Å². The second-order valence-electron chi connectivity index (χ2n) is 7.89. The Morgan fingerprint density at radius 1 is 1.00 bits per heavy atom. The molecule has 4 unspecified atom stereocenters. The van der Waals surface area contributed by atoms with Crippen LogP contribution in [0.5, 0.6) is 0 Å². The number of nitrogens with two attached hydrogens (primary N) is 4. The number of nitrogens with zero attached hydrogens (tertiary/aromatic N) is 1. The zero-order valence-electron chi connectivity index (χ0n) is 19.5. The van der Waals surface area contributed by atoms with Gasteiger partial charge in [0.2, 0.25) is 17.7 Å². The van der Waals surface area contributed by atoms with E-state index in [4.69, 9.17) is 22.9 Å². The average molecular weight is 473 g/mol. The Bertz CT molecular complexity index is 669. The summed E-state index contributed by atoms with van der Waals surface area (Å²) in [4.78, 5) is 52.4. The minimum Gasteiger partial charge on any atom is -0.480 e. The van der Waals surface area contributed by atoms with Gasteiger partial charge in [0.1, 0.15) is 12.1 Å². The van der Waals surface area contributed by atoms with Crippen molar-refractivity contribution in [3.63, 3.8) is 0 Å². The zero-order valence-corrected chi connectivity index (χ0v) is 19.5. The van der Waals surface area contributed by atoms with Gasteiger partial charge in [0.15, 0.2) is 5.96 Å². The molecule has 0 radical (unpaired) electrons. The number of carbonyl (C=O) groups is 4. The maximum absolute atomic E-state index is 12.8. The molecule has 13 heteroatoms. The van der Waals surface area contributed by atoms with Gasteiger partial charge in [0, 0.05) is 6.54 Å². The fraction of sp³-hybridized carbons (Fsp3) is 0.750. The van der Waals surface area contributed by atoms with Gasteiger partial charge in [-0.3, -0.25) is 19.4 Å². The molecule has 0 heterocycles. The number of guanidine groups is 1. The van der Waals surface area contributed by atoms with Gasteiger partial charge in [-0.25, -0.2) is 4.79 Å². The minimum atomic E-state index is -1.21. The highest BCUT2D eigenvalue weighted by Gasteiger charge is 2.29. The Labute approximate surface area is 194 Å². The van der Waals surface area contributed by atoms with E-state index < -0.39 is 41.8 Å². The largest absolute Gasteiger partial charge is 0.480 e. The van der Waals surface area contributed by atoms with Crippen LogP contribution in [0.15, 0.2) is 4.99 Å². The van der Waals surface area contributed by atoms with Crippen LogP contribution in [0.2, 0.25) is 0 Å². The summed E-state index contributed by atoms with van der Waals surface area (Å²) >= 11 is 0. The molecule has 4 atom stereocenters. The van der Waals surface area contributed by atoms with Crippen LogP contribution in [0.1, 0.15) is 52.4 Å². The lowest BCUT2D eigenvalue weighted by molar-refractivity contribution is -0.142. The van der Waals surface area contributed by atoms with Crippen LogP contribution in [0.4, 0.5) is 0 Å². The molecule has 0 aliphatic heterocycles. The van der Waals surface area contributed by atoms with E-state index in [0.29, 0.717) is 32.2 Å². The molecule has 0 saturated heterocycles. The summed E-state index contributed by atoms with van der Waals surface area (Å²) in [7, 11) is 0. The Morgan fingerprint density at radius 3 is 2.21 bits per heavy atom. The van der Waals surface area contributed by atoms with Gasteiger partial charge in [-0.05, 0) is 38.1 Å². The number of nitrogens with one attached hydrogen (secondary N) is 3. The molecule has 0 aliphatic rings. The molecule has 0 saturated carbocycles. The zero-order chi connectivity index (χ0) is 25.4. The number of carbonyl (C=O) groups excluding carboxylic acids is 3. The van der Waals surface area contributed by atoms with Gasteiger partial charge in [0.25, 0.3) is 0 Å². The van der Waals surface area contributed by atoms with E-state index in [0.717, 1.165) is 6.42 Å². The van der Waals surface area contributed by atoms with Gasteiger partial charge < -0.3 is 44.0 Å². The van der Waals surface area contributed by atoms with Crippen LogP contribution >= 0.6 is 0 Å². The number of aliphatic carboxylic acids is 1. The van der Waals surface area contributed by atoms with Crippen molar-refractivity contribution >= 4 is 29.7 Å². The van der Waals surface area contributed by atoms with Crippen molar-refractivity contribution in [1.29, 1.82) is 0 Å². The number of amides is 3. The van der Waals surface area contributed by atoms with E-state index in [2.05, 4.69) is 20.9 Å². The SMILES string of the molecule is CCC(C)C(NC(=O)CNC(=O)C(N)CCCCN)C(=O)NC(CCCN=C(N)N)C(=O)O. The minimum absolute atomic E-state index is 0.103. The molecule has 3 amide bonds. The molecule has 0 rings (SSSR count). The third-order valence-corrected chi connectivity index (χ3v) is 5.10. The maximum atomic E-state index is 12.8. The number of aliphatic imine (C=N–C) groups is 1. The maximum Gasteiger partial charge on any atom is 0.326 e. The van der Waals surface area contributed by atoms with Gasteiger partial charge >= 0.3 is 5.97 Å². The van der Waals surface area contributed by atoms with Gasteiger partial charge in [0.05, 0.1) is 12.6 Å². The van der Waals surface area contributed by atoms with E-state index >= 15 is 0 Å². The van der Waals surface area contributed by atoms with Crippen LogP contribution in [-0.4, -0.2) is 72.5 Å². The van der Waals surface area contributed by atoms with Crippen molar-refractivity contribution in [2.24, 2.45) is 33.8 Å². The average Bonchev–Trinajstić information content (AvgIpc) is 2.76. The van der Waals surface area contributed by atoms with Crippen LogP contribution in [0, 0.1) is 5.92 Å². The van der Waals surface area contributed by atoms with E-state index in [1.807, 2.05) is 6.92 Å². The number of carboxylic acid groups (broad SMARTS) is 1. The first-order valence-electron chi connectivity index (χ1n) is 11.1. The van der Waals surface area contributed by atoms with Crippen LogP contribution in [-0.2, 0) is 19.2 Å². The Kier molecular flexibility index (Phi) is 15.2. The van der Waals surface area contributed by atoms with Crippen molar-refractivity contribution in [2.75, 3.05) is 19.6 Å². The lowest BCUT2D eigenvalue weighted by atomic mass is 9.97. The molecule has 33 heavy (non-hydrogen) atoms. The van der Waals surface area contributed by atoms with Crippen molar-refractivity contribution in [3.8, 4) is 0 Å². The summed E-state index contributed by atoms with van der Waals surface area (Å²) in [6.07, 6.45) is 2.90. The fourth-order valence-corrected chi connectivity index (χ4v) is 2.89. The molecule has 190 valence electrons. The molecule has 0 aromatic heterocycles. The third kappa shape index (κ3) is 13.3. The molecular formula is C20H40N8O5. The highest BCUT2D eigenvalue weighted by atomic mass is 16.4. The summed E-state index contributed by atoms with van der Waals surface area (Å²) < 4.78 is 0. The summed E-state index contributed by atoms with van der Waals surface area (Å²) in [5.74, 6) is -3.28. The molecular weight excluding hydrogens is 432 g/mol. The van der Waals surface area contributed by atoms with E-state index in [-0.39, 0.29) is 31.4 Å². The fourth-order valence-electron chi connectivity index (χ4n) is 2.89. The smallest absolute Gasteiger partial charge is 0.326 e. The number of hydrogen-bond acceptors (Lipinski definition) is 7. The Balaban J connectivity index is 4.88. The standard InChI is InChI=1S/C20H40N8O5/c1-3-12(2)16(18(31)27-14(19(32)33)8-6-10-25-20(23)24)28-15(29)11-26-17(30)13(22)7-4-5-9-21/h12-14,16H,3-11,21-22H2,1-2H3,(H,26,30)(H,27,31)(H,28,29)(H,32,33)(H4,23,24,25). The van der Waals surface area contributed by atoms with Crippen molar-refractivity contribution in [2.45, 2.75) is 70.5 Å². The van der Waals surface area contributed by atoms with Crippen LogP contribution in [0.25, 0.3) is 0 Å². The monoisotopic (exact) mass is 472 g/mol. The molecule has 0 bridgehead atoms. The van der Waals surface area contributed by atoms with E-state index in [9.17, 15) is 24.3 Å². The van der Waals surface area contributed by atoms with Crippen molar-refractivity contribution in [1.82, 2.24) is 16.0 Å². The summed E-state index contributed by atoms with van der Waals surface area (Å²) in [6, 6.07) is -2.90. The Morgan fingerprint density at radius 2 is 1.67 bits per heavy atom. The number of rotatable bonds is 17. The second-order valence-corrected chi connectivity index (χ2v) is 7.89. The van der Waals surface area contributed by atoms with Gasteiger partial charge in [-0.2, -0.15) is 0 Å². The van der Waals surface area contributed by atoms with Crippen molar-refractivity contribution < 1.29 is 24.3 Å². The van der Waals surface area contributed by atoms with E-state index in [1.165, 1.54) is 0 Å². The number of carboxylic acids is 1. The lowest BCUT2D eigenvalue weighted by Crippen LogP contribution is -2.55. The lowest BCUT2D eigenvalue weighted by Gasteiger charge is -2.25. The van der Waals surface area contributed by atoms with Crippen LogP contribution in [0.3, 0.4) is 0 Å².